The SMILES string of the molecule is CC1=C(CCc2ccccc2C(O)C(F)F)C=CCC1. The summed E-state index contributed by atoms with van der Waals surface area (Å²) in [5.41, 5.74) is 3.82. The topological polar surface area (TPSA) is 20.2 Å². The average molecular weight is 278 g/mol. The van der Waals surface area contributed by atoms with Gasteiger partial charge in [0.25, 0.3) is 6.43 Å². The maximum atomic E-state index is 12.7. The molecule has 3 heteroatoms. The summed E-state index contributed by atoms with van der Waals surface area (Å²) in [5, 5.41) is 9.59. The van der Waals surface area contributed by atoms with E-state index in [-0.39, 0.29) is 0 Å². The molecule has 108 valence electrons. The van der Waals surface area contributed by atoms with Gasteiger partial charge < -0.3 is 5.11 Å². The zero-order chi connectivity index (χ0) is 14.5. The van der Waals surface area contributed by atoms with Gasteiger partial charge in [0.2, 0.25) is 0 Å². The Bertz CT molecular complexity index is 517. The quantitative estimate of drug-likeness (QED) is 0.835. The molecule has 0 saturated heterocycles. The van der Waals surface area contributed by atoms with Crippen LogP contribution in [-0.2, 0) is 6.42 Å². The molecule has 0 saturated carbocycles. The molecule has 0 radical (unpaired) electrons. The Hall–Kier alpha value is -1.48. The summed E-state index contributed by atoms with van der Waals surface area (Å²) in [7, 11) is 0. The maximum Gasteiger partial charge on any atom is 0.268 e. The van der Waals surface area contributed by atoms with Crippen LogP contribution in [0.3, 0.4) is 0 Å². The van der Waals surface area contributed by atoms with E-state index in [1.807, 2.05) is 12.1 Å². The van der Waals surface area contributed by atoms with Crippen molar-refractivity contribution < 1.29 is 13.9 Å². The molecule has 1 aromatic carbocycles. The minimum atomic E-state index is -2.74. The van der Waals surface area contributed by atoms with Crippen LogP contribution in [0, 0.1) is 0 Å². The van der Waals surface area contributed by atoms with Crippen molar-refractivity contribution in [2.24, 2.45) is 0 Å². The highest BCUT2D eigenvalue weighted by Crippen LogP contribution is 2.27. The molecule has 0 aromatic heterocycles. The number of aliphatic hydroxyl groups is 1. The summed E-state index contributed by atoms with van der Waals surface area (Å²) in [4.78, 5) is 0. The predicted octanol–water partition coefficient (Wildman–Crippen LogP) is 4.58. The molecular weight excluding hydrogens is 258 g/mol. The molecule has 0 fully saturated rings. The molecule has 0 bridgehead atoms. The van der Waals surface area contributed by atoms with E-state index in [1.54, 1.807) is 12.1 Å². The van der Waals surface area contributed by atoms with E-state index >= 15 is 0 Å². The van der Waals surface area contributed by atoms with Crippen LogP contribution in [0.15, 0.2) is 47.6 Å². The zero-order valence-corrected chi connectivity index (χ0v) is 11.7. The van der Waals surface area contributed by atoms with Gasteiger partial charge in [-0.1, -0.05) is 42.0 Å². The minimum Gasteiger partial charge on any atom is -0.382 e. The molecule has 1 atom stereocenters. The van der Waals surface area contributed by atoms with Crippen LogP contribution in [0.2, 0.25) is 0 Å². The van der Waals surface area contributed by atoms with Crippen LogP contribution in [0.1, 0.15) is 43.4 Å². The van der Waals surface area contributed by atoms with Crippen LogP contribution in [0.5, 0.6) is 0 Å². The van der Waals surface area contributed by atoms with Gasteiger partial charge in [0.05, 0.1) is 0 Å². The molecule has 1 aliphatic rings. The summed E-state index contributed by atoms with van der Waals surface area (Å²) in [6.07, 6.45) is 3.51. The number of aliphatic hydroxyl groups excluding tert-OH is 1. The number of rotatable bonds is 5. The summed E-state index contributed by atoms with van der Waals surface area (Å²) in [5.74, 6) is 0. The lowest BCUT2D eigenvalue weighted by Gasteiger charge is -2.16. The van der Waals surface area contributed by atoms with E-state index in [2.05, 4.69) is 19.1 Å². The monoisotopic (exact) mass is 278 g/mol. The van der Waals surface area contributed by atoms with Gasteiger partial charge in [-0.2, -0.15) is 0 Å². The Kier molecular flexibility index (Phi) is 5.07. The van der Waals surface area contributed by atoms with Crippen molar-refractivity contribution in [2.45, 2.75) is 45.1 Å². The lowest BCUT2D eigenvalue weighted by molar-refractivity contribution is -0.00626. The highest BCUT2D eigenvalue weighted by atomic mass is 19.3. The summed E-state index contributed by atoms with van der Waals surface area (Å²) in [6, 6.07) is 6.93. The average Bonchev–Trinajstić information content (AvgIpc) is 2.46. The van der Waals surface area contributed by atoms with Crippen molar-refractivity contribution in [1.82, 2.24) is 0 Å². The third-order valence-electron chi connectivity index (χ3n) is 3.83. The Morgan fingerprint density at radius 3 is 2.65 bits per heavy atom. The molecular formula is C17H20F2O. The Morgan fingerprint density at radius 2 is 1.95 bits per heavy atom. The van der Waals surface area contributed by atoms with Crippen LogP contribution < -0.4 is 0 Å². The first-order valence-electron chi connectivity index (χ1n) is 6.98. The zero-order valence-electron chi connectivity index (χ0n) is 11.7. The smallest absolute Gasteiger partial charge is 0.268 e. The number of halogens is 2. The fourth-order valence-corrected chi connectivity index (χ4v) is 2.58. The molecule has 1 nitrogen and oxygen atoms in total. The van der Waals surface area contributed by atoms with E-state index in [9.17, 15) is 13.9 Å². The van der Waals surface area contributed by atoms with Gasteiger partial charge in [-0.05, 0) is 49.3 Å². The van der Waals surface area contributed by atoms with Crippen LogP contribution >= 0.6 is 0 Å². The molecule has 0 aliphatic heterocycles. The molecule has 0 spiro atoms. The molecule has 20 heavy (non-hydrogen) atoms. The third-order valence-corrected chi connectivity index (χ3v) is 3.83. The van der Waals surface area contributed by atoms with Crippen molar-refractivity contribution in [2.75, 3.05) is 0 Å². The van der Waals surface area contributed by atoms with Gasteiger partial charge in [0.15, 0.2) is 0 Å². The minimum absolute atomic E-state index is 0.348. The highest BCUT2D eigenvalue weighted by molar-refractivity contribution is 5.33. The number of alkyl halides is 2. The molecule has 2 rings (SSSR count). The highest BCUT2D eigenvalue weighted by Gasteiger charge is 2.21. The van der Waals surface area contributed by atoms with Crippen molar-refractivity contribution in [3.8, 4) is 0 Å². The Morgan fingerprint density at radius 1 is 1.20 bits per heavy atom. The number of allylic oxidation sites excluding steroid dienone is 4. The molecule has 1 aromatic rings. The van der Waals surface area contributed by atoms with Crippen LogP contribution in [0.25, 0.3) is 0 Å². The second kappa shape index (κ2) is 6.80. The van der Waals surface area contributed by atoms with E-state index < -0.39 is 12.5 Å². The van der Waals surface area contributed by atoms with Gasteiger partial charge >= 0.3 is 0 Å². The number of hydrogen-bond acceptors (Lipinski definition) is 1. The Balaban J connectivity index is 2.12. The fraction of sp³-hybridized carbons (Fsp3) is 0.412. The van der Waals surface area contributed by atoms with Crippen molar-refractivity contribution in [1.29, 1.82) is 0 Å². The van der Waals surface area contributed by atoms with E-state index in [0.29, 0.717) is 12.0 Å². The lowest BCUT2D eigenvalue weighted by Crippen LogP contribution is -2.10. The van der Waals surface area contributed by atoms with Crippen LogP contribution in [0.4, 0.5) is 8.78 Å². The summed E-state index contributed by atoms with van der Waals surface area (Å²) >= 11 is 0. The molecule has 1 unspecified atom stereocenters. The number of aryl methyl sites for hydroxylation is 1. The fourth-order valence-electron chi connectivity index (χ4n) is 2.58. The first-order chi connectivity index (χ1) is 9.59. The van der Waals surface area contributed by atoms with Gasteiger partial charge in [-0.25, -0.2) is 8.78 Å². The van der Waals surface area contributed by atoms with Crippen LogP contribution in [-0.4, -0.2) is 11.5 Å². The summed E-state index contributed by atoms with van der Waals surface area (Å²) in [6.45, 7) is 2.12. The van der Waals surface area contributed by atoms with Gasteiger partial charge in [0, 0.05) is 0 Å². The van der Waals surface area contributed by atoms with E-state index in [0.717, 1.165) is 24.8 Å². The van der Waals surface area contributed by atoms with E-state index in [4.69, 9.17) is 0 Å². The molecule has 1 aliphatic carbocycles. The van der Waals surface area contributed by atoms with Gasteiger partial charge in [0.1, 0.15) is 6.10 Å². The Labute approximate surface area is 118 Å². The van der Waals surface area contributed by atoms with Crippen molar-refractivity contribution >= 4 is 0 Å². The maximum absolute atomic E-state index is 12.7. The molecule has 0 heterocycles. The van der Waals surface area contributed by atoms with Crippen molar-refractivity contribution in [3.63, 3.8) is 0 Å². The predicted molar refractivity (Wildman–Crippen MR) is 76.8 cm³/mol. The number of hydrogen-bond donors (Lipinski definition) is 1. The standard InChI is InChI=1S/C17H20F2O/c1-12-6-2-3-7-13(12)10-11-14-8-4-5-9-15(14)16(20)17(18)19/h3-5,7-9,16-17,20H,2,6,10-11H2,1H3. The third kappa shape index (κ3) is 3.54. The first kappa shape index (κ1) is 14.9. The second-order valence-corrected chi connectivity index (χ2v) is 5.22. The normalized spacial score (nSPS) is 16.9. The second-order valence-electron chi connectivity index (χ2n) is 5.22. The van der Waals surface area contributed by atoms with Gasteiger partial charge in [-0.15, -0.1) is 0 Å². The first-order valence-corrected chi connectivity index (χ1v) is 6.98. The molecule has 0 amide bonds. The van der Waals surface area contributed by atoms with Gasteiger partial charge in [-0.3, -0.25) is 0 Å². The largest absolute Gasteiger partial charge is 0.382 e. The summed E-state index contributed by atoms with van der Waals surface area (Å²) < 4.78 is 25.4. The van der Waals surface area contributed by atoms with Crippen molar-refractivity contribution in [3.05, 3.63) is 58.7 Å². The number of benzene rings is 1. The molecule has 1 N–H and O–H groups in total. The van der Waals surface area contributed by atoms with E-state index in [1.165, 1.54) is 11.1 Å². The lowest BCUT2D eigenvalue weighted by atomic mass is 9.92.